The molecule has 1 amide bonds. The van der Waals surface area contributed by atoms with Crippen LogP contribution < -0.4 is 16.0 Å². The Hall–Kier alpha value is -2.08. The standard InChI is InChI=1S/C21H34N4O2/c1-22-20(26)18-9-6-8-17(16-18)12-14-25-21(23-2)24-13-7-15-27-19-10-4-3-5-11-19/h6,8-9,16,19H,3-5,7,10-15H2,1-2H3,(H,22,26)(H2,23,24,25). The second-order valence-electron chi connectivity index (χ2n) is 6.94. The number of guanidine groups is 1. The van der Waals surface area contributed by atoms with Gasteiger partial charge in [0.1, 0.15) is 0 Å². The molecule has 1 saturated carbocycles. The highest BCUT2D eigenvalue weighted by atomic mass is 16.5. The van der Waals surface area contributed by atoms with Crippen molar-refractivity contribution in [1.82, 2.24) is 16.0 Å². The molecule has 0 aromatic heterocycles. The average molecular weight is 375 g/mol. The van der Waals surface area contributed by atoms with Crippen molar-refractivity contribution >= 4 is 11.9 Å². The number of amides is 1. The van der Waals surface area contributed by atoms with E-state index in [1.807, 2.05) is 24.3 Å². The van der Waals surface area contributed by atoms with Gasteiger partial charge in [-0.2, -0.15) is 0 Å². The van der Waals surface area contributed by atoms with E-state index in [0.717, 1.165) is 44.1 Å². The molecule has 150 valence electrons. The first-order valence-corrected chi connectivity index (χ1v) is 10.1. The highest BCUT2D eigenvalue weighted by Gasteiger charge is 2.13. The fraction of sp³-hybridized carbons (Fsp3) is 0.619. The topological polar surface area (TPSA) is 74.8 Å². The Bertz CT molecular complexity index is 598. The minimum Gasteiger partial charge on any atom is -0.378 e. The van der Waals surface area contributed by atoms with Gasteiger partial charge in [0, 0.05) is 39.4 Å². The van der Waals surface area contributed by atoms with Crippen LogP contribution in [0.15, 0.2) is 29.3 Å². The Morgan fingerprint density at radius 3 is 2.70 bits per heavy atom. The van der Waals surface area contributed by atoms with Crippen LogP contribution in [0.2, 0.25) is 0 Å². The number of nitrogens with zero attached hydrogens (tertiary/aromatic N) is 1. The molecular formula is C21H34N4O2. The monoisotopic (exact) mass is 374 g/mol. The Balaban J connectivity index is 1.60. The van der Waals surface area contributed by atoms with Gasteiger partial charge in [-0.3, -0.25) is 9.79 Å². The van der Waals surface area contributed by atoms with Gasteiger partial charge in [0.25, 0.3) is 5.91 Å². The number of nitrogens with one attached hydrogen (secondary N) is 3. The highest BCUT2D eigenvalue weighted by Crippen LogP contribution is 2.20. The summed E-state index contributed by atoms with van der Waals surface area (Å²) in [6.07, 6.45) is 8.70. The molecule has 0 saturated heterocycles. The molecule has 1 fully saturated rings. The maximum Gasteiger partial charge on any atom is 0.251 e. The summed E-state index contributed by atoms with van der Waals surface area (Å²) in [5.74, 6) is 0.743. The van der Waals surface area contributed by atoms with E-state index in [1.165, 1.54) is 32.1 Å². The Morgan fingerprint density at radius 2 is 1.96 bits per heavy atom. The van der Waals surface area contributed by atoms with Gasteiger partial charge >= 0.3 is 0 Å². The summed E-state index contributed by atoms with van der Waals surface area (Å²) in [6.45, 7) is 2.41. The molecule has 27 heavy (non-hydrogen) atoms. The zero-order valence-electron chi connectivity index (χ0n) is 16.7. The second kappa shape index (κ2) is 12.3. The molecule has 3 N–H and O–H groups in total. The molecule has 0 heterocycles. The van der Waals surface area contributed by atoms with E-state index in [0.29, 0.717) is 11.7 Å². The highest BCUT2D eigenvalue weighted by molar-refractivity contribution is 5.94. The SMILES string of the molecule is CN=C(NCCCOC1CCCCC1)NCCc1cccc(C(=O)NC)c1. The van der Waals surface area contributed by atoms with Gasteiger partial charge < -0.3 is 20.7 Å². The maximum atomic E-state index is 11.7. The number of hydrogen-bond donors (Lipinski definition) is 3. The average Bonchev–Trinajstić information content (AvgIpc) is 2.72. The van der Waals surface area contributed by atoms with Gasteiger partial charge in [-0.05, 0) is 43.4 Å². The molecule has 6 nitrogen and oxygen atoms in total. The van der Waals surface area contributed by atoms with Crippen LogP contribution in [-0.4, -0.2) is 51.8 Å². The third-order valence-electron chi connectivity index (χ3n) is 4.87. The van der Waals surface area contributed by atoms with Gasteiger partial charge in [-0.1, -0.05) is 31.4 Å². The van der Waals surface area contributed by atoms with Crippen molar-refractivity contribution in [2.75, 3.05) is 33.8 Å². The summed E-state index contributed by atoms with van der Waals surface area (Å²) in [6, 6.07) is 7.71. The smallest absolute Gasteiger partial charge is 0.251 e. The molecule has 0 bridgehead atoms. The molecule has 1 aromatic rings. The first-order valence-electron chi connectivity index (χ1n) is 10.1. The van der Waals surface area contributed by atoms with E-state index in [-0.39, 0.29) is 5.91 Å². The van der Waals surface area contributed by atoms with Crippen molar-refractivity contribution in [3.63, 3.8) is 0 Å². The molecule has 1 aromatic carbocycles. The van der Waals surface area contributed by atoms with E-state index in [9.17, 15) is 4.79 Å². The lowest BCUT2D eigenvalue weighted by atomic mass is 9.98. The molecule has 0 spiro atoms. The van der Waals surface area contributed by atoms with Crippen molar-refractivity contribution in [3.05, 3.63) is 35.4 Å². The number of aliphatic imine (C=N–C) groups is 1. The zero-order chi connectivity index (χ0) is 19.3. The van der Waals surface area contributed by atoms with Crippen LogP contribution in [0, 0.1) is 0 Å². The van der Waals surface area contributed by atoms with Crippen molar-refractivity contribution in [2.45, 2.75) is 51.0 Å². The Labute approximate surface area is 163 Å². The number of carbonyl (C=O) groups is 1. The predicted molar refractivity (Wildman–Crippen MR) is 110 cm³/mol. The van der Waals surface area contributed by atoms with Crippen LogP contribution in [0.4, 0.5) is 0 Å². The normalized spacial score (nSPS) is 15.4. The van der Waals surface area contributed by atoms with Gasteiger partial charge in [0.2, 0.25) is 0 Å². The fourth-order valence-corrected chi connectivity index (χ4v) is 3.32. The van der Waals surface area contributed by atoms with E-state index in [2.05, 4.69) is 20.9 Å². The van der Waals surface area contributed by atoms with E-state index >= 15 is 0 Å². The molecule has 0 aliphatic heterocycles. The number of ether oxygens (including phenoxy) is 1. The molecule has 1 aliphatic carbocycles. The lowest BCUT2D eigenvalue weighted by Crippen LogP contribution is -2.39. The zero-order valence-corrected chi connectivity index (χ0v) is 16.7. The van der Waals surface area contributed by atoms with Crippen LogP contribution in [0.25, 0.3) is 0 Å². The van der Waals surface area contributed by atoms with Crippen LogP contribution >= 0.6 is 0 Å². The van der Waals surface area contributed by atoms with Crippen LogP contribution in [0.5, 0.6) is 0 Å². The largest absolute Gasteiger partial charge is 0.378 e. The summed E-state index contributed by atoms with van der Waals surface area (Å²) >= 11 is 0. The lowest BCUT2D eigenvalue weighted by molar-refractivity contribution is 0.0277. The third kappa shape index (κ3) is 7.99. The summed E-state index contributed by atoms with van der Waals surface area (Å²) < 4.78 is 5.94. The van der Waals surface area contributed by atoms with Crippen molar-refractivity contribution in [1.29, 1.82) is 0 Å². The van der Waals surface area contributed by atoms with Gasteiger partial charge in [-0.25, -0.2) is 0 Å². The maximum absolute atomic E-state index is 11.7. The first kappa shape index (κ1) is 21.2. The minimum absolute atomic E-state index is 0.0577. The van der Waals surface area contributed by atoms with E-state index in [4.69, 9.17) is 4.74 Å². The third-order valence-corrected chi connectivity index (χ3v) is 4.87. The number of benzene rings is 1. The van der Waals surface area contributed by atoms with Crippen LogP contribution in [0.1, 0.15) is 54.4 Å². The number of hydrogen-bond acceptors (Lipinski definition) is 3. The van der Waals surface area contributed by atoms with Gasteiger partial charge in [0.15, 0.2) is 5.96 Å². The predicted octanol–water partition coefficient (Wildman–Crippen LogP) is 2.49. The summed E-state index contributed by atoms with van der Waals surface area (Å²) in [7, 11) is 3.42. The van der Waals surface area contributed by atoms with E-state index in [1.54, 1.807) is 14.1 Å². The summed E-state index contributed by atoms with van der Waals surface area (Å²) in [5.41, 5.74) is 1.82. The number of rotatable bonds is 9. The van der Waals surface area contributed by atoms with Crippen LogP contribution in [-0.2, 0) is 11.2 Å². The molecule has 1 aliphatic rings. The molecule has 0 atom stereocenters. The Morgan fingerprint density at radius 1 is 1.19 bits per heavy atom. The van der Waals surface area contributed by atoms with Crippen molar-refractivity contribution in [3.8, 4) is 0 Å². The fourth-order valence-electron chi connectivity index (χ4n) is 3.32. The van der Waals surface area contributed by atoms with Crippen LogP contribution in [0.3, 0.4) is 0 Å². The molecule has 0 unspecified atom stereocenters. The first-order chi connectivity index (χ1) is 13.2. The molecule has 2 rings (SSSR count). The quantitative estimate of drug-likeness (QED) is 0.353. The van der Waals surface area contributed by atoms with Gasteiger partial charge in [-0.15, -0.1) is 0 Å². The molecule has 0 radical (unpaired) electrons. The van der Waals surface area contributed by atoms with Crippen molar-refractivity contribution in [2.24, 2.45) is 4.99 Å². The number of carbonyl (C=O) groups excluding carboxylic acids is 1. The second-order valence-corrected chi connectivity index (χ2v) is 6.94. The minimum atomic E-state index is -0.0577. The lowest BCUT2D eigenvalue weighted by Gasteiger charge is -2.22. The summed E-state index contributed by atoms with van der Waals surface area (Å²) in [4.78, 5) is 16.0. The molecular weight excluding hydrogens is 340 g/mol. The Kier molecular flexibility index (Phi) is 9.69. The van der Waals surface area contributed by atoms with Crippen molar-refractivity contribution < 1.29 is 9.53 Å². The van der Waals surface area contributed by atoms with Gasteiger partial charge in [0.05, 0.1) is 6.10 Å². The van der Waals surface area contributed by atoms with E-state index < -0.39 is 0 Å². The molecule has 6 heteroatoms. The summed E-state index contributed by atoms with van der Waals surface area (Å²) in [5, 5.41) is 9.30.